The lowest BCUT2D eigenvalue weighted by Gasteiger charge is -2.12. The van der Waals surface area contributed by atoms with Crippen LogP contribution in [0.3, 0.4) is 0 Å². The van der Waals surface area contributed by atoms with E-state index in [1.807, 2.05) is 42.5 Å². The Bertz CT molecular complexity index is 1180. The number of para-hydroxylation sites is 1. The molecule has 0 atom stereocenters. The van der Waals surface area contributed by atoms with E-state index in [2.05, 4.69) is 10.3 Å². The van der Waals surface area contributed by atoms with Crippen LogP contribution < -0.4 is 14.8 Å². The van der Waals surface area contributed by atoms with Crippen molar-refractivity contribution >= 4 is 22.5 Å². The Morgan fingerprint density at radius 1 is 0.931 bits per heavy atom. The van der Waals surface area contributed by atoms with Crippen molar-refractivity contribution < 1.29 is 18.7 Å². The molecule has 0 radical (unpaired) electrons. The molecule has 6 heteroatoms. The Balaban J connectivity index is 1.52. The Hall–Kier alpha value is -3.80. The van der Waals surface area contributed by atoms with E-state index in [0.717, 1.165) is 17.3 Å². The molecule has 0 unspecified atom stereocenters. The fourth-order valence-corrected chi connectivity index (χ4v) is 3.35. The van der Waals surface area contributed by atoms with Gasteiger partial charge in [-0.15, -0.1) is 0 Å². The zero-order chi connectivity index (χ0) is 19.6. The van der Waals surface area contributed by atoms with Crippen LogP contribution in [-0.2, 0) is 0 Å². The van der Waals surface area contributed by atoms with E-state index in [0.29, 0.717) is 47.4 Å². The smallest absolute Gasteiger partial charge is 0.256 e. The molecule has 144 valence electrons. The minimum atomic E-state index is -0.231. The summed E-state index contributed by atoms with van der Waals surface area (Å²) in [6.07, 6.45) is 2.42. The van der Waals surface area contributed by atoms with Crippen molar-refractivity contribution in [3.8, 4) is 23.0 Å². The fourth-order valence-electron chi connectivity index (χ4n) is 3.35. The lowest BCUT2D eigenvalue weighted by molar-refractivity contribution is 0.102. The van der Waals surface area contributed by atoms with Crippen LogP contribution in [0.25, 0.3) is 22.4 Å². The van der Waals surface area contributed by atoms with Gasteiger partial charge in [0.15, 0.2) is 17.3 Å². The number of fused-ring (bicyclic) bond motifs is 2. The lowest BCUT2D eigenvalue weighted by atomic mass is 10.1. The Labute approximate surface area is 167 Å². The Morgan fingerprint density at radius 2 is 1.79 bits per heavy atom. The van der Waals surface area contributed by atoms with Crippen molar-refractivity contribution in [2.24, 2.45) is 0 Å². The summed E-state index contributed by atoms with van der Waals surface area (Å²) in [6, 6.07) is 18.3. The molecule has 5 rings (SSSR count). The van der Waals surface area contributed by atoms with E-state index >= 15 is 0 Å². The number of ether oxygens (including phenoxy) is 2. The standard InChI is InChI=1S/C23H18N2O4/c26-23(24-15-8-9-21-22(13-15)29-12-4-11-28-21)17-14-19(20-7-3-10-27-20)25-18-6-2-1-5-16(17)18/h1-3,5-10,13-14H,4,11-12H2,(H,24,26). The average Bonchev–Trinajstić information content (AvgIpc) is 3.19. The third kappa shape index (κ3) is 3.40. The minimum Gasteiger partial charge on any atom is -0.490 e. The molecule has 0 bridgehead atoms. The van der Waals surface area contributed by atoms with Crippen LogP contribution in [0.2, 0.25) is 0 Å². The molecule has 1 aliphatic rings. The van der Waals surface area contributed by atoms with Gasteiger partial charge in [0.1, 0.15) is 5.69 Å². The van der Waals surface area contributed by atoms with Crippen molar-refractivity contribution in [1.82, 2.24) is 4.98 Å². The first-order chi connectivity index (χ1) is 14.3. The predicted octanol–water partition coefficient (Wildman–Crippen LogP) is 4.91. The third-order valence-corrected chi connectivity index (χ3v) is 4.74. The first-order valence-electron chi connectivity index (χ1n) is 9.42. The molecule has 0 spiro atoms. The minimum absolute atomic E-state index is 0.231. The number of aromatic nitrogens is 1. The number of carbonyl (C=O) groups excluding carboxylic acids is 1. The van der Waals surface area contributed by atoms with Gasteiger partial charge in [0.05, 0.1) is 30.6 Å². The van der Waals surface area contributed by atoms with Crippen LogP contribution in [0.1, 0.15) is 16.8 Å². The fraction of sp³-hybridized carbons (Fsp3) is 0.130. The number of hydrogen-bond acceptors (Lipinski definition) is 5. The second-order valence-electron chi connectivity index (χ2n) is 6.72. The van der Waals surface area contributed by atoms with Crippen LogP contribution in [0.15, 0.2) is 71.3 Å². The number of nitrogens with zero attached hydrogens (tertiary/aromatic N) is 1. The monoisotopic (exact) mass is 386 g/mol. The summed E-state index contributed by atoms with van der Waals surface area (Å²) in [5, 5.41) is 3.73. The number of benzene rings is 2. The highest BCUT2D eigenvalue weighted by molar-refractivity contribution is 6.13. The number of anilines is 1. The van der Waals surface area contributed by atoms with Crippen LogP contribution in [0.5, 0.6) is 11.5 Å². The quantitative estimate of drug-likeness (QED) is 0.542. The SMILES string of the molecule is O=C(Nc1ccc2c(c1)OCCCO2)c1cc(-c2ccco2)nc2ccccc12. The van der Waals surface area contributed by atoms with Crippen molar-refractivity contribution in [3.05, 3.63) is 72.5 Å². The van der Waals surface area contributed by atoms with Gasteiger partial charge >= 0.3 is 0 Å². The molecular formula is C23H18N2O4. The summed E-state index contributed by atoms with van der Waals surface area (Å²) in [5.74, 6) is 1.71. The summed E-state index contributed by atoms with van der Waals surface area (Å²) >= 11 is 0. The maximum Gasteiger partial charge on any atom is 0.256 e. The van der Waals surface area contributed by atoms with Crippen LogP contribution in [0, 0.1) is 0 Å². The Kier molecular flexibility index (Phi) is 4.37. The molecular weight excluding hydrogens is 368 g/mol. The molecule has 0 saturated carbocycles. The van der Waals surface area contributed by atoms with Crippen LogP contribution >= 0.6 is 0 Å². The highest BCUT2D eigenvalue weighted by Crippen LogP contribution is 2.33. The van der Waals surface area contributed by atoms with Gasteiger partial charge in [0, 0.05) is 23.6 Å². The largest absolute Gasteiger partial charge is 0.490 e. The van der Waals surface area contributed by atoms with Gasteiger partial charge in [-0.1, -0.05) is 18.2 Å². The molecule has 1 amide bonds. The zero-order valence-electron chi connectivity index (χ0n) is 15.6. The van der Waals surface area contributed by atoms with E-state index in [4.69, 9.17) is 13.9 Å². The van der Waals surface area contributed by atoms with Crippen molar-refractivity contribution in [1.29, 1.82) is 0 Å². The number of nitrogens with one attached hydrogen (secondary N) is 1. The number of hydrogen-bond donors (Lipinski definition) is 1. The number of furan rings is 1. The Morgan fingerprint density at radius 3 is 2.66 bits per heavy atom. The summed E-state index contributed by atoms with van der Waals surface area (Å²) in [4.78, 5) is 17.8. The first-order valence-corrected chi connectivity index (χ1v) is 9.42. The molecule has 2 aromatic carbocycles. The van der Waals surface area contributed by atoms with Crippen LogP contribution in [0.4, 0.5) is 5.69 Å². The van der Waals surface area contributed by atoms with Gasteiger partial charge in [-0.3, -0.25) is 4.79 Å². The molecule has 6 nitrogen and oxygen atoms in total. The van der Waals surface area contributed by atoms with Crippen molar-refractivity contribution in [3.63, 3.8) is 0 Å². The summed E-state index contributed by atoms with van der Waals surface area (Å²) in [6.45, 7) is 1.21. The van der Waals surface area contributed by atoms with E-state index in [9.17, 15) is 4.79 Å². The van der Waals surface area contributed by atoms with Gasteiger partial charge in [0.25, 0.3) is 5.91 Å². The number of rotatable bonds is 3. The van der Waals surface area contributed by atoms with Gasteiger partial charge in [-0.05, 0) is 36.4 Å². The summed E-state index contributed by atoms with van der Waals surface area (Å²) in [5.41, 5.74) is 2.50. The molecule has 0 saturated heterocycles. The second kappa shape index (κ2) is 7.31. The highest BCUT2D eigenvalue weighted by Gasteiger charge is 2.17. The number of carbonyl (C=O) groups is 1. The zero-order valence-corrected chi connectivity index (χ0v) is 15.6. The predicted molar refractivity (Wildman–Crippen MR) is 109 cm³/mol. The van der Waals surface area contributed by atoms with Gasteiger partial charge < -0.3 is 19.2 Å². The summed E-state index contributed by atoms with van der Waals surface area (Å²) in [7, 11) is 0. The molecule has 4 aromatic rings. The van der Waals surface area contributed by atoms with E-state index < -0.39 is 0 Å². The first kappa shape index (κ1) is 17.3. The maximum absolute atomic E-state index is 13.1. The average molecular weight is 386 g/mol. The van der Waals surface area contributed by atoms with Crippen molar-refractivity contribution in [2.45, 2.75) is 6.42 Å². The molecule has 1 N–H and O–H groups in total. The van der Waals surface area contributed by atoms with E-state index in [-0.39, 0.29) is 5.91 Å². The van der Waals surface area contributed by atoms with Crippen LogP contribution in [-0.4, -0.2) is 24.1 Å². The van der Waals surface area contributed by atoms with E-state index in [1.165, 1.54) is 0 Å². The molecule has 1 aliphatic heterocycles. The van der Waals surface area contributed by atoms with Gasteiger partial charge in [0.2, 0.25) is 0 Å². The molecule has 2 aromatic heterocycles. The highest BCUT2D eigenvalue weighted by atomic mass is 16.5. The second-order valence-corrected chi connectivity index (χ2v) is 6.72. The molecule has 0 aliphatic carbocycles. The molecule has 0 fully saturated rings. The third-order valence-electron chi connectivity index (χ3n) is 4.74. The topological polar surface area (TPSA) is 73.6 Å². The van der Waals surface area contributed by atoms with Crippen molar-refractivity contribution in [2.75, 3.05) is 18.5 Å². The number of pyridine rings is 1. The number of amides is 1. The maximum atomic E-state index is 13.1. The van der Waals surface area contributed by atoms with Gasteiger partial charge in [-0.2, -0.15) is 0 Å². The molecule has 3 heterocycles. The van der Waals surface area contributed by atoms with E-state index in [1.54, 1.807) is 24.5 Å². The molecule has 29 heavy (non-hydrogen) atoms. The van der Waals surface area contributed by atoms with Gasteiger partial charge in [-0.25, -0.2) is 4.98 Å². The normalized spacial score (nSPS) is 13.1. The lowest BCUT2D eigenvalue weighted by Crippen LogP contribution is -2.13. The summed E-state index contributed by atoms with van der Waals surface area (Å²) < 4.78 is 16.8.